The van der Waals surface area contributed by atoms with Crippen LogP contribution in [-0.4, -0.2) is 64.5 Å². The van der Waals surface area contributed by atoms with E-state index >= 15 is 0 Å². The lowest BCUT2D eigenvalue weighted by Gasteiger charge is -2.34. The van der Waals surface area contributed by atoms with Crippen LogP contribution < -0.4 is 0 Å². The molecule has 1 N–H and O–H groups in total. The Bertz CT molecular complexity index is 456. The van der Waals surface area contributed by atoms with Crippen molar-refractivity contribution in [1.82, 2.24) is 14.8 Å². The molecule has 0 saturated carbocycles. The molecule has 20 heavy (non-hydrogen) atoms. The number of aromatic nitrogens is 1. The Kier molecular flexibility index (Phi) is 5.06. The van der Waals surface area contributed by atoms with Gasteiger partial charge in [0.25, 0.3) is 0 Å². The van der Waals surface area contributed by atoms with Crippen LogP contribution >= 0.6 is 0 Å². The van der Waals surface area contributed by atoms with E-state index in [0.717, 1.165) is 18.7 Å². The Morgan fingerprint density at radius 2 is 1.80 bits per heavy atom. The first-order chi connectivity index (χ1) is 9.65. The average Bonchev–Trinajstić information content (AvgIpc) is 2.46. The van der Waals surface area contributed by atoms with Crippen LogP contribution in [0.2, 0.25) is 0 Å². The Labute approximate surface area is 118 Å². The second-order valence-corrected chi connectivity index (χ2v) is 4.90. The molecule has 2 rings (SSSR count). The van der Waals surface area contributed by atoms with Gasteiger partial charge < -0.3 is 10.0 Å². The molecular formula is C14H19N3O3. The van der Waals surface area contributed by atoms with Gasteiger partial charge in [0.1, 0.15) is 0 Å². The number of hydrogen-bond acceptors (Lipinski definition) is 4. The summed E-state index contributed by atoms with van der Waals surface area (Å²) in [6, 6.07) is 3.70. The van der Waals surface area contributed by atoms with Crippen LogP contribution in [0.3, 0.4) is 0 Å². The van der Waals surface area contributed by atoms with Crippen molar-refractivity contribution in [3.8, 4) is 0 Å². The predicted molar refractivity (Wildman–Crippen MR) is 73.2 cm³/mol. The van der Waals surface area contributed by atoms with E-state index in [9.17, 15) is 9.59 Å². The Hall–Kier alpha value is -1.95. The number of carbonyl (C=O) groups is 2. The van der Waals surface area contributed by atoms with Gasteiger partial charge in [0.05, 0.1) is 12.8 Å². The third-order valence-electron chi connectivity index (χ3n) is 3.47. The maximum absolute atomic E-state index is 12.1. The molecule has 6 nitrogen and oxygen atoms in total. The van der Waals surface area contributed by atoms with E-state index < -0.39 is 5.97 Å². The van der Waals surface area contributed by atoms with Gasteiger partial charge in [0, 0.05) is 45.1 Å². The highest BCUT2D eigenvalue weighted by atomic mass is 16.4. The maximum atomic E-state index is 12.1. The van der Waals surface area contributed by atoms with E-state index in [1.165, 1.54) is 0 Å². The molecule has 1 aliphatic heterocycles. The average molecular weight is 277 g/mol. The number of carbonyl (C=O) groups excluding carboxylic acids is 1. The molecule has 108 valence electrons. The summed E-state index contributed by atoms with van der Waals surface area (Å²) >= 11 is 0. The van der Waals surface area contributed by atoms with Crippen molar-refractivity contribution in [2.75, 3.05) is 32.7 Å². The summed E-state index contributed by atoms with van der Waals surface area (Å²) in [5.74, 6) is -0.657. The highest BCUT2D eigenvalue weighted by Gasteiger charge is 2.21. The minimum Gasteiger partial charge on any atom is -0.481 e. The molecule has 0 atom stereocenters. The van der Waals surface area contributed by atoms with Gasteiger partial charge in [0.2, 0.25) is 5.91 Å². The minimum absolute atomic E-state index is 0.120. The van der Waals surface area contributed by atoms with Gasteiger partial charge in [-0.1, -0.05) is 0 Å². The molecule has 2 heterocycles. The lowest BCUT2D eigenvalue weighted by atomic mass is 10.1. The van der Waals surface area contributed by atoms with Gasteiger partial charge in [-0.25, -0.2) is 0 Å². The summed E-state index contributed by atoms with van der Waals surface area (Å²) in [5, 5.41) is 8.65. The van der Waals surface area contributed by atoms with Gasteiger partial charge >= 0.3 is 5.97 Å². The van der Waals surface area contributed by atoms with Crippen molar-refractivity contribution < 1.29 is 14.7 Å². The summed E-state index contributed by atoms with van der Waals surface area (Å²) < 4.78 is 0. The Morgan fingerprint density at radius 3 is 2.40 bits per heavy atom. The summed E-state index contributed by atoms with van der Waals surface area (Å²) in [6.45, 7) is 3.39. The van der Waals surface area contributed by atoms with Crippen molar-refractivity contribution in [1.29, 1.82) is 0 Å². The Balaban J connectivity index is 1.76. The molecule has 1 fully saturated rings. The molecular weight excluding hydrogens is 258 g/mol. The lowest BCUT2D eigenvalue weighted by Crippen LogP contribution is -2.49. The van der Waals surface area contributed by atoms with Gasteiger partial charge in [0.15, 0.2) is 0 Å². The molecule has 1 amide bonds. The largest absolute Gasteiger partial charge is 0.481 e. The zero-order valence-electron chi connectivity index (χ0n) is 11.4. The van der Waals surface area contributed by atoms with Crippen molar-refractivity contribution in [3.63, 3.8) is 0 Å². The molecule has 0 unspecified atom stereocenters. The van der Waals surface area contributed by atoms with Gasteiger partial charge in [-0.15, -0.1) is 0 Å². The molecule has 1 aliphatic rings. The number of piperazine rings is 1. The van der Waals surface area contributed by atoms with Crippen LogP contribution in [0, 0.1) is 0 Å². The second-order valence-electron chi connectivity index (χ2n) is 4.90. The monoisotopic (exact) mass is 277 g/mol. The molecule has 1 saturated heterocycles. The topological polar surface area (TPSA) is 73.7 Å². The highest BCUT2D eigenvalue weighted by molar-refractivity contribution is 5.78. The van der Waals surface area contributed by atoms with Crippen LogP contribution in [0.25, 0.3) is 0 Å². The zero-order valence-corrected chi connectivity index (χ0v) is 11.4. The first-order valence-corrected chi connectivity index (χ1v) is 6.76. The number of hydrogen-bond donors (Lipinski definition) is 1. The second kappa shape index (κ2) is 7.00. The number of amides is 1. The van der Waals surface area contributed by atoms with Crippen molar-refractivity contribution in [3.05, 3.63) is 30.1 Å². The number of rotatable bonds is 5. The number of aliphatic carboxylic acids is 1. The van der Waals surface area contributed by atoms with E-state index in [2.05, 4.69) is 9.88 Å². The van der Waals surface area contributed by atoms with Crippen LogP contribution in [-0.2, 0) is 16.0 Å². The van der Waals surface area contributed by atoms with Gasteiger partial charge in [-0.05, 0) is 17.7 Å². The standard InChI is InChI=1S/C14H19N3O3/c18-13(11-12-1-4-15-5-2-12)17-9-7-16(8-10-17)6-3-14(19)20/h1-2,4-5H,3,6-11H2,(H,19,20). The van der Waals surface area contributed by atoms with E-state index in [0.29, 0.717) is 26.1 Å². The highest BCUT2D eigenvalue weighted by Crippen LogP contribution is 2.06. The smallest absolute Gasteiger partial charge is 0.304 e. The molecule has 0 radical (unpaired) electrons. The van der Waals surface area contributed by atoms with Gasteiger partial charge in [-0.3, -0.25) is 19.5 Å². The normalized spacial score (nSPS) is 16.1. The third-order valence-corrected chi connectivity index (χ3v) is 3.47. The van der Waals surface area contributed by atoms with E-state index in [1.807, 2.05) is 17.0 Å². The van der Waals surface area contributed by atoms with E-state index in [1.54, 1.807) is 12.4 Å². The fourth-order valence-corrected chi connectivity index (χ4v) is 2.26. The van der Waals surface area contributed by atoms with Crippen LogP contribution in [0.1, 0.15) is 12.0 Å². The van der Waals surface area contributed by atoms with Crippen LogP contribution in [0.15, 0.2) is 24.5 Å². The van der Waals surface area contributed by atoms with Crippen molar-refractivity contribution in [2.24, 2.45) is 0 Å². The molecule has 1 aromatic rings. The minimum atomic E-state index is -0.777. The molecule has 0 bridgehead atoms. The molecule has 0 aliphatic carbocycles. The summed E-state index contributed by atoms with van der Waals surface area (Å²) in [7, 11) is 0. The molecule has 6 heteroatoms. The first kappa shape index (κ1) is 14.5. The molecule has 0 spiro atoms. The molecule has 0 aromatic carbocycles. The predicted octanol–water partition coefficient (Wildman–Crippen LogP) is 0.243. The zero-order chi connectivity index (χ0) is 14.4. The Morgan fingerprint density at radius 1 is 1.15 bits per heavy atom. The summed E-state index contributed by atoms with van der Waals surface area (Å²) in [6.07, 6.45) is 3.93. The SMILES string of the molecule is O=C(O)CCN1CCN(C(=O)Cc2ccncc2)CC1. The van der Waals surface area contributed by atoms with Gasteiger partial charge in [-0.2, -0.15) is 0 Å². The number of pyridine rings is 1. The third kappa shape index (κ3) is 4.31. The number of nitrogens with zero attached hydrogens (tertiary/aromatic N) is 3. The fourth-order valence-electron chi connectivity index (χ4n) is 2.26. The molecule has 1 aromatic heterocycles. The summed E-state index contributed by atoms with van der Waals surface area (Å²) in [5.41, 5.74) is 0.971. The van der Waals surface area contributed by atoms with E-state index in [-0.39, 0.29) is 12.3 Å². The van der Waals surface area contributed by atoms with Crippen LogP contribution in [0.5, 0.6) is 0 Å². The fraction of sp³-hybridized carbons (Fsp3) is 0.500. The van der Waals surface area contributed by atoms with E-state index in [4.69, 9.17) is 5.11 Å². The summed E-state index contributed by atoms with van der Waals surface area (Å²) in [4.78, 5) is 30.5. The van der Waals surface area contributed by atoms with Crippen molar-refractivity contribution in [2.45, 2.75) is 12.8 Å². The van der Waals surface area contributed by atoms with Crippen molar-refractivity contribution >= 4 is 11.9 Å². The maximum Gasteiger partial charge on any atom is 0.304 e. The lowest BCUT2D eigenvalue weighted by molar-refractivity contribution is -0.138. The number of carboxylic acids is 1. The number of carboxylic acid groups (broad SMARTS) is 1. The quantitative estimate of drug-likeness (QED) is 0.834. The van der Waals surface area contributed by atoms with Crippen LogP contribution in [0.4, 0.5) is 0 Å². The first-order valence-electron chi connectivity index (χ1n) is 6.76.